The van der Waals surface area contributed by atoms with E-state index in [0.29, 0.717) is 0 Å². The Morgan fingerprint density at radius 1 is 0.625 bits per heavy atom. The number of rotatable bonds is 1. The molecule has 0 bridgehead atoms. The normalized spacial score (nSPS) is 9.12. The van der Waals surface area contributed by atoms with Crippen LogP contribution in [-0.4, -0.2) is 4.66 Å². The molecule has 0 heterocycles. The lowest BCUT2D eigenvalue weighted by Gasteiger charge is -2.02. The molecular weight excluding hydrogens is 224 g/mol. The predicted molar refractivity (Wildman–Crippen MR) is 68.8 cm³/mol. The van der Waals surface area contributed by atoms with Crippen LogP contribution in [0.25, 0.3) is 11.1 Å². The average molecular weight is 237 g/mol. The molecule has 0 aliphatic rings. The molecule has 0 atom stereocenters. The summed E-state index contributed by atoms with van der Waals surface area (Å²) in [6.45, 7) is 0. The van der Waals surface area contributed by atoms with E-state index in [1.165, 1.54) is 0 Å². The monoisotopic (exact) mass is 236 g/mol. The molecule has 0 unspecified atom stereocenters. The Morgan fingerprint density at radius 3 is 1.12 bits per heavy atom. The zero-order chi connectivity index (χ0) is 12.0. The maximum absolute atomic E-state index is 6.47. The Labute approximate surface area is 99.4 Å². The number of nitrogen functional groups attached to an aromatic ring is 2. The lowest BCUT2D eigenvalue weighted by molar-refractivity contribution is 0.632. The number of hydrogen-bond acceptors (Lipinski definition) is 3. The molecular formula is C12H13ClN2O. The average Bonchev–Trinajstić information content (AvgIpc) is 2.34. The highest BCUT2D eigenvalue weighted by atomic mass is 35.5. The summed E-state index contributed by atoms with van der Waals surface area (Å²) in [4.78, 5) is 0. The summed E-state index contributed by atoms with van der Waals surface area (Å²) in [6, 6.07) is 15.6. The van der Waals surface area contributed by atoms with Gasteiger partial charge >= 0.3 is 0 Å². The smallest absolute Gasteiger partial charge is 0.0579 e. The van der Waals surface area contributed by atoms with Crippen molar-refractivity contribution in [3.05, 3.63) is 48.5 Å². The van der Waals surface area contributed by atoms with Crippen molar-refractivity contribution >= 4 is 23.2 Å². The Bertz CT molecular complexity index is 382. The van der Waals surface area contributed by atoms with E-state index in [1.807, 2.05) is 48.5 Å². The van der Waals surface area contributed by atoms with E-state index >= 15 is 0 Å². The lowest BCUT2D eigenvalue weighted by Crippen LogP contribution is -1.85. The fourth-order valence-corrected chi connectivity index (χ4v) is 1.35. The SMILES string of the molecule is Nc1ccc(-c2ccc(N)cc2)cc1.OCl. The van der Waals surface area contributed by atoms with Gasteiger partial charge in [-0.15, -0.1) is 0 Å². The largest absolute Gasteiger partial charge is 0.399 e. The number of nitrogens with two attached hydrogens (primary N) is 2. The van der Waals surface area contributed by atoms with Crippen molar-refractivity contribution in [3.8, 4) is 11.1 Å². The Morgan fingerprint density at radius 2 is 0.875 bits per heavy atom. The molecule has 0 saturated heterocycles. The van der Waals surface area contributed by atoms with Gasteiger partial charge in [-0.05, 0) is 35.4 Å². The highest BCUT2D eigenvalue weighted by Crippen LogP contribution is 2.21. The number of halogens is 1. The van der Waals surface area contributed by atoms with Crippen LogP contribution < -0.4 is 11.5 Å². The molecule has 0 spiro atoms. The van der Waals surface area contributed by atoms with Gasteiger partial charge in [0.25, 0.3) is 0 Å². The van der Waals surface area contributed by atoms with Gasteiger partial charge in [-0.25, -0.2) is 0 Å². The Hall–Kier alpha value is -1.71. The highest BCUT2D eigenvalue weighted by molar-refractivity contribution is 6.04. The van der Waals surface area contributed by atoms with Crippen molar-refractivity contribution < 1.29 is 4.66 Å². The van der Waals surface area contributed by atoms with E-state index in [9.17, 15) is 0 Å². The fourth-order valence-electron chi connectivity index (χ4n) is 1.35. The van der Waals surface area contributed by atoms with Crippen LogP contribution in [0.1, 0.15) is 0 Å². The van der Waals surface area contributed by atoms with Crippen LogP contribution in [0.4, 0.5) is 11.4 Å². The summed E-state index contributed by atoms with van der Waals surface area (Å²) in [7, 11) is 0. The van der Waals surface area contributed by atoms with Crippen LogP contribution in [-0.2, 0) is 0 Å². The van der Waals surface area contributed by atoms with E-state index in [1.54, 1.807) is 0 Å². The number of anilines is 2. The van der Waals surface area contributed by atoms with Crippen molar-refractivity contribution in [2.75, 3.05) is 11.5 Å². The van der Waals surface area contributed by atoms with Crippen molar-refractivity contribution in [2.45, 2.75) is 0 Å². The summed E-state index contributed by atoms with van der Waals surface area (Å²) in [6.07, 6.45) is 0. The summed E-state index contributed by atoms with van der Waals surface area (Å²) >= 11 is 3.64. The molecule has 0 aliphatic heterocycles. The van der Waals surface area contributed by atoms with Gasteiger partial charge < -0.3 is 11.5 Å². The quantitative estimate of drug-likeness (QED) is 0.667. The Balaban J connectivity index is 0.000000606. The first-order valence-electron chi connectivity index (χ1n) is 4.64. The van der Waals surface area contributed by atoms with E-state index < -0.39 is 0 Å². The van der Waals surface area contributed by atoms with Crippen LogP contribution >= 0.6 is 11.9 Å². The molecule has 0 radical (unpaired) electrons. The minimum Gasteiger partial charge on any atom is -0.399 e. The van der Waals surface area contributed by atoms with Crippen LogP contribution in [0.3, 0.4) is 0 Å². The molecule has 0 aliphatic carbocycles. The minimum atomic E-state index is 0.782. The molecule has 2 aromatic rings. The van der Waals surface area contributed by atoms with Crippen LogP contribution in [0, 0.1) is 0 Å². The molecule has 0 amide bonds. The first-order valence-corrected chi connectivity index (χ1v) is 4.98. The fraction of sp³-hybridized carbons (Fsp3) is 0. The number of hydrogen-bond donors (Lipinski definition) is 3. The topological polar surface area (TPSA) is 72.3 Å². The van der Waals surface area contributed by atoms with Crippen LogP contribution in [0.15, 0.2) is 48.5 Å². The van der Waals surface area contributed by atoms with Gasteiger partial charge in [0, 0.05) is 11.4 Å². The molecule has 0 saturated carbocycles. The van der Waals surface area contributed by atoms with E-state index in [0.717, 1.165) is 22.5 Å². The molecule has 16 heavy (non-hydrogen) atoms. The van der Waals surface area contributed by atoms with E-state index in [2.05, 4.69) is 11.9 Å². The van der Waals surface area contributed by atoms with Gasteiger partial charge in [-0.2, -0.15) is 0 Å². The maximum atomic E-state index is 6.47. The molecule has 0 aromatic heterocycles. The van der Waals surface area contributed by atoms with Crippen molar-refractivity contribution in [1.29, 1.82) is 0 Å². The summed E-state index contributed by atoms with van der Waals surface area (Å²) in [5.74, 6) is 0. The van der Waals surface area contributed by atoms with Crippen molar-refractivity contribution in [1.82, 2.24) is 0 Å². The molecule has 5 N–H and O–H groups in total. The molecule has 4 heteroatoms. The first-order chi connectivity index (χ1) is 7.75. The van der Waals surface area contributed by atoms with Gasteiger partial charge in [0.1, 0.15) is 0 Å². The number of benzene rings is 2. The van der Waals surface area contributed by atoms with Gasteiger partial charge in [0.05, 0.1) is 11.9 Å². The van der Waals surface area contributed by atoms with Gasteiger partial charge in [0.2, 0.25) is 0 Å². The zero-order valence-corrected chi connectivity index (χ0v) is 9.35. The summed E-state index contributed by atoms with van der Waals surface area (Å²) in [5.41, 5.74) is 15.1. The predicted octanol–water partition coefficient (Wildman–Crippen LogP) is 2.65. The summed E-state index contributed by atoms with van der Waals surface area (Å²) < 4.78 is 6.47. The molecule has 2 rings (SSSR count). The molecule has 0 fully saturated rings. The molecule has 2 aromatic carbocycles. The highest BCUT2D eigenvalue weighted by Gasteiger charge is 1.95. The van der Waals surface area contributed by atoms with E-state index in [-0.39, 0.29) is 0 Å². The second kappa shape index (κ2) is 6.00. The van der Waals surface area contributed by atoms with Crippen molar-refractivity contribution in [2.24, 2.45) is 0 Å². The van der Waals surface area contributed by atoms with Crippen LogP contribution in [0.2, 0.25) is 0 Å². The zero-order valence-electron chi connectivity index (χ0n) is 8.60. The van der Waals surface area contributed by atoms with Crippen LogP contribution in [0.5, 0.6) is 0 Å². The second-order valence-electron chi connectivity index (χ2n) is 3.24. The summed E-state index contributed by atoms with van der Waals surface area (Å²) in [5, 5.41) is 0. The van der Waals surface area contributed by atoms with Gasteiger partial charge in [-0.1, -0.05) is 24.3 Å². The maximum Gasteiger partial charge on any atom is 0.0579 e. The van der Waals surface area contributed by atoms with Crippen molar-refractivity contribution in [3.63, 3.8) is 0 Å². The van der Waals surface area contributed by atoms with Gasteiger partial charge in [0.15, 0.2) is 0 Å². The third-order valence-electron chi connectivity index (χ3n) is 2.15. The third-order valence-corrected chi connectivity index (χ3v) is 2.15. The first kappa shape index (κ1) is 12.4. The lowest BCUT2D eigenvalue weighted by atomic mass is 10.1. The van der Waals surface area contributed by atoms with Gasteiger partial charge in [-0.3, -0.25) is 4.66 Å². The standard InChI is InChI=1S/C12H12N2.ClHO/c13-11-5-1-9(2-6-11)10-3-7-12(14)8-4-10;1-2/h1-8H,13-14H2;2H. The second-order valence-corrected chi connectivity index (χ2v) is 3.24. The Kier molecular flexibility index (Phi) is 4.64. The minimum absolute atomic E-state index is 0.782. The molecule has 3 nitrogen and oxygen atoms in total. The van der Waals surface area contributed by atoms with E-state index in [4.69, 9.17) is 16.1 Å². The third kappa shape index (κ3) is 3.15. The molecule has 84 valence electrons.